The maximum atomic E-state index is 6.17. The van der Waals surface area contributed by atoms with Crippen LogP contribution in [0.25, 0.3) is 11.1 Å². The van der Waals surface area contributed by atoms with Crippen LogP contribution in [-0.4, -0.2) is 17.1 Å². The minimum Gasteiger partial charge on any atom is -0.440 e. The molecule has 5 rings (SSSR count). The molecule has 2 aromatic rings. The Kier molecular flexibility index (Phi) is 2.78. The topological polar surface area (TPSA) is 64.1 Å². The Morgan fingerprint density at radius 1 is 1.09 bits per heavy atom. The molecule has 3 aliphatic carbocycles. The molecule has 1 aromatic carbocycles. The van der Waals surface area contributed by atoms with E-state index >= 15 is 0 Å². The molecule has 2 bridgehead atoms. The van der Waals surface area contributed by atoms with Gasteiger partial charge in [0.15, 0.2) is 11.5 Å². The quantitative estimate of drug-likeness (QED) is 0.908. The first-order chi connectivity index (χ1) is 10.8. The number of hydrogen-bond donors (Lipinski definition) is 2. The first-order valence-electron chi connectivity index (χ1n) is 8.69. The summed E-state index contributed by atoms with van der Waals surface area (Å²) in [4.78, 5) is 4.60. The second-order valence-electron chi connectivity index (χ2n) is 7.51. The summed E-state index contributed by atoms with van der Waals surface area (Å²) in [6.45, 7) is 0. The predicted octanol–water partition coefficient (Wildman–Crippen LogP) is 3.63. The maximum Gasteiger partial charge on any atom is 0.198 e. The van der Waals surface area contributed by atoms with E-state index in [4.69, 9.17) is 10.2 Å². The molecule has 3 fully saturated rings. The van der Waals surface area contributed by atoms with Gasteiger partial charge in [0.25, 0.3) is 0 Å². The van der Waals surface area contributed by atoms with Gasteiger partial charge in [-0.05, 0) is 62.5 Å². The Hall–Kier alpha value is -1.55. The molecule has 0 spiro atoms. The average molecular weight is 297 g/mol. The molecule has 0 radical (unpaired) electrons. The van der Waals surface area contributed by atoms with Gasteiger partial charge in [-0.25, -0.2) is 4.98 Å². The zero-order valence-electron chi connectivity index (χ0n) is 12.8. The Morgan fingerprint density at radius 3 is 2.59 bits per heavy atom. The molecule has 4 nitrogen and oxygen atoms in total. The number of hydrogen-bond acceptors (Lipinski definition) is 4. The molecule has 4 heteroatoms. The lowest BCUT2D eigenvalue weighted by molar-refractivity contribution is 0.290. The predicted molar refractivity (Wildman–Crippen MR) is 86.8 cm³/mol. The van der Waals surface area contributed by atoms with Crippen molar-refractivity contribution in [3.8, 4) is 0 Å². The van der Waals surface area contributed by atoms with Crippen LogP contribution in [-0.2, 0) is 0 Å². The minimum atomic E-state index is 0.411. The summed E-state index contributed by atoms with van der Waals surface area (Å²) in [7, 11) is 0. The SMILES string of the molecule is NC1CC2CCC(C1)C2Nc1ccc2nc(C3CC3)oc2c1. The summed E-state index contributed by atoms with van der Waals surface area (Å²) >= 11 is 0. The van der Waals surface area contributed by atoms with Crippen LogP contribution in [0.4, 0.5) is 5.69 Å². The molecule has 3 aliphatic rings. The summed E-state index contributed by atoms with van der Waals surface area (Å²) in [6.07, 6.45) is 7.45. The minimum absolute atomic E-state index is 0.411. The van der Waals surface area contributed by atoms with E-state index in [1.807, 2.05) is 0 Å². The standard InChI is InChI=1S/C18H23N3O/c19-13-7-11-3-4-12(8-13)17(11)20-14-5-6-15-16(9-14)22-18(21-15)10-1-2-10/h5-6,9-13,17,20H,1-4,7-8,19H2. The molecule has 0 amide bonds. The molecular weight excluding hydrogens is 274 g/mol. The molecular formula is C18H23N3O. The van der Waals surface area contributed by atoms with Crippen LogP contribution in [0.5, 0.6) is 0 Å². The lowest BCUT2D eigenvalue weighted by Crippen LogP contribution is -2.41. The van der Waals surface area contributed by atoms with Gasteiger partial charge < -0.3 is 15.5 Å². The van der Waals surface area contributed by atoms with Crippen molar-refractivity contribution in [1.82, 2.24) is 4.98 Å². The fraction of sp³-hybridized carbons (Fsp3) is 0.611. The lowest BCUT2D eigenvalue weighted by atomic mass is 9.81. The van der Waals surface area contributed by atoms with Gasteiger partial charge in [-0.3, -0.25) is 0 Å². The molecule has 1 heterocycles. The van der Waals surface area contributed by atoms with Gasteiger partial charge in [-0.1, -0.05) is 0 Å². The number of nitrogens with one attached hydrogen (secondary N) is 1. The van der Waals surface area contributed by atoms with Crippen molar-refractivity contribution in [3.05, 3.63) is 24.1 Å². The van der Waals surface area contributed by atoms with Crippen LogP contribution in [0.2, 0.25) is 0 Å². The molecule has 2 unspecified atom stereocenters. The van der Waals surface area contributed by atoms with Gasteiger partial charge in [-0.15, -0.1) is 0 Å². The van der Waals surface area contributed by atoms with E-state index in [0.29, 0.717) is 18.0 Å². The van der Waals surface area contributed by atoms with Crippen molar-refractivity contribution < 1.29 is 4.42 Å². The second kappa shape index (κ2) is 4.72. The first-order valence-corrected chi connectivity index (χ1v) is 8.69. The summed E-state index contributed by atoms with van der Waals surface area (Å²) in [5.74, 6) is 2.97. The van der Waals surface area contributed by atoms with Crippen LogP contribution in [0.1, 0.15) is 50.3 Å². The van der Waals surface area contributed by atoms with Crippen molar-refractivity contribution in [1.29, 1.82) is 0 Å². The Balaban J connectivity index is 1.40. The van der Waals surface area contributed by atoms with E-state index in [-0.39, 0.29) is 0 Å². The van der Waals surface area contributed by atoms with Crippen molar-refractivity contribution in [2.45, 2.75) is 56.5 Å². The highest BCUT2D eigenvalue weighted by molar-refractivity contribution is 5.77. The van der Waals surface area contributed by atoms with Crippen LogP contribution in [0.15, 0.2) is 22.6 Å². The molecule has 1 aromatic heterocycles. The van der Waals surface area contributed by atoms with E-state index in [0.717, 1.165) is 28.8 Å². The summed E-state index contributed by atoms with van der Waals surface area (Å²) in [6, 6.07) is 7.36. The highest BCUT2D eigenvalue weighted by atomic mass is 16.3. The molecule has 3 N–H and O–H groups in total. The van der Waals surface area contributed by atoms with E-state index in [9.17, 15) is 0 Å². The zero-order valence-corrected chi connectivity index (χ0v) is 12.8. The van der Waals surface area contributed by atoms with Crippen molar-refractivity contribution in [3.63, 3.8) is 0 Å². The monoisotopic (exact) mass is 297 g/mol. The number of rotatable bonds is 3. The molecule has 0 aliphatic heterocycles. The van der Waals surface area contributed by atoms with E-state index in [1.54, 1.807) is 0 Å². The van der Waals surface area contributed by atoms with E-state index in [1.165, 1.54) is 44.2 Å². The Morgan fingerprint density at radius 2 is 1.86 bits per heavy atom. The van der Waals surface area contributed by atoms with Gasteiger partial charge in [0.2, 0.25) is 0 Å². The largest absolute Gasteiger partial charge is 0.440 e. The van der Waals surface area contributed by atoms with Crippen LogP contribution >= 0.6 is 0 Å². The molecule has 3 saturated carbocycles. The second-order valence-corrected chi connectivity index (χ2v) is 7.51. The Bertz CT molecular complexity index is 691. The number of nitrogens with zero attached hydrogens (tertiary/aromatic N) is 1. The van der Waals surface area contributed by atoms with Gasteiger partial charge in [0, 0.05) is 29.8 Å². The third-order valence-electron chi connectivity index (χ3n) is 5.80. The summed E-state index contributed by atoms with van der Waals surface area (Å²) in [5, 5.41) is 3.77. The van der Waals surface area contributed by atoms with Gasteiger partial charge in [0.1, 0.15) is 5.52 Å². The molecule has 116 valence electrons. The molecule has 22 heavy (non-hydrogen) atoms. The smallest absolute Gasteiger partial charge is 0.198 e. The highest BCUT2D eigenvalue weighted by Crippen LogP contribution is 2.44. The van der Waals surface area contributed by atoms with Crippen LogP contribution < -0.4 is 11.1 Å². The van der Waals surface area contributed by atoms with E-state index in [2.05, 4.69) is 28.5 Å². The zero-order chi connectivity index (χ0) is 14.7. The Labute approximate surface area is 130 Å². The van der Waals surface area contributed by atoms with E-state index < -0.39 is 0 Å². The summed E-state index contributed by atoms with van der Waals surface area (Å²) in [5.41, 5.74) is 9.25. The maximum absolute atomic E-state index is 6.17. The summed E-state index contributed by atoms with van der Waals surface area (Å²) < 4.78 is 5.94. The third kappa shape index (κ3) is 2.12. The van der Waals surface area contributed by atoms with Gasteiger partial charge in [-0.2, -0.15) is 0 Å². The van der Waals surface area contributed by atoms with Crippen molar-refractivity contribution in [2.24, 2.45) is 17.6 Å². The van der Waals surface area contributed by atoms with Crippen molar-refractivity contribution in [2.75, 3.05) is 5.32 Å². The molecule has 0 saturated heterocycles. The average Bonchev–Trinajstić information content (AvgIpc) is 3.22. The first kappa shape index (κ1) is 12.9. The highest BCUT2D eigenvalue weighted by Gasteiger charge is 2.41. The number of aromatic nitrogens is 1. The fourth-order valence-electron chi connectivity index (χ4n) is 4.54. The van der Waals surface area contributed by atoms with Crippen LogP contribution in [0, 0.1) is 11.8 Å². The third-order valence-corrected chi connectivity index (χ3v) is 5.80. The normalized spacial score (nSPS) is 34.2. The van der Waals surface area contributed by atoms with Gasteiger partial charge in [0.05, 0.1) is 0 Å². The number of nitrogens with two attached hydrogens (primary N) is 1. The lowest BCUT2D eigenvalue weighted by Gasteiger charge is -2.34. The number of anilines is 1. The fourth-order valence-corrected chi connectivity index (χ4v) is 4.54. The van der Waals surface area contributed by atoms with Crippen molar-refractivity contribution >= 4 is 16.8 Å². The number of oxazole rings is 1. The number of fused-ring (bicyclic) bond motifs is 3. The van der Waals surface area contributed by atoms with Gasteiger partial charge >= 0.3 is 0 Å². The number of benzene rings is 1. The van der Waals surface area contributed by atoms with Crippen LogP contribution in [0.3, 0.4) is 0 Å². The molecule has 2 atom stereocenters.